The minimum atomic E-state index is -3.40. The number of aliphatic hydroxyl groups excluding tert-OH is 1. The van der Waals surface area contributed by atoms with E-state index in [1.54, 1.807) is 18.2 Å². The molecule has 2 aliphatic heterocycles. The molecule has 2 aromatic rings. The number of rotatable bonds is 8. The van der Waals surface area contributed by atoms with Gasteiger partial charge < -0.3 is 19.9 Å². The Hall–Kier alpha value is -2.62. The molecule has 0 aliphatic carbocycles. The van der Waals surface area contributed by atoms with Gasteiger partial charge in [0.1, 0.15) is 18.0 Å². The summed E-state index contributed by atoms with van der Waals surface area (Å²) in [7, 11) is -3.40. The fraction of sp³-hybridized carbons (Fsp3) is 0.435. The third-order valence-corrected chi connectivity index (χ3v) is 6.40. The quantitative estimate of drug-likeness (QED) is 0.554. The number of fused-ring (bicyclic) bond motifs is 3. The Balaban J connectivity index is 1.40. The number of nitrogens with one attached hydrogen (secondary N) is 2. The Labute approximate surface area is 188 Å². The van der Waals surface area contributed by atoms with Gasteiger partial charge in [-0.15, -0.1) is 0 Å². The van der Waals surface area contributed by atoms with Gasteiger partial charge in [0.15, 0.2) is 0 Å². The molecule has 8 nitrogen and oxygen atoms in total. The van der Waals surface area contributed by atoms with Crippen molar-refractivity contribution >= 4 is 21.6 Å². The summed E-state index contributed by atoms with van der Waals surface area (Å²) in [5, 5.41) is 12.8. The van der Waals surface area contributed by atoms with E-state index in [2.05, 4.69) is 10.0 Å². The van der Waals surface area contributed by atoms with Crippen LogP contribution in [-0.4, -0.2) is 57.2 Å². The molecule has 0 spiro atoms. The normalized spacial score (nSPS) is 24.2. The molecule has 0 radical (unpaired) electrons. The van der Waals surface area contributed by atoms with E-state index in [9.17, 15) is 18.3 Å². The van der Waals surface area contributed by atoms with E-state index in [1.165, 1.54) is 0 Å². The molecule has 4 rings (SSSR count). The van der Waals surface area contributed by atoms with Crippen LogP contribution in [0.25, 0.3) is 0 Å². The van der Waals surface area contributed by atoms with Crippen LogP contribution in [0.5, 0.6) is 5.75 Å². The first-order valence-corrected chi connectivity index (χ1v) is 12.6. The largest absolute Gasteiger partial charge is 0.487 e. The first-order chi connectivity index (χ1) is 15.3. The molecule has 1 amide bonds. The van der Waals surface area contributed by atoms with Gasteiger partial charge in [0.2, 0.25) is 15.9 Å². The van der Waals surface area contributed by atoms with Gasteiger partial charge in [-0.05, 0) is 36.6 Å². The van der Waals surface area contributed by atoms with Crippen molar-refractivity contribution in [3.8, 4) is 5.75 Å². The summed E-state index contributed by atoms with van der Waals surface area (Å²) in [5.74, 6) is 0.445. The molecular weight excluding hydrogens is 432 g/mol. The number of benzene rings is 2. The van der Waals surface area contributed by atoms with Crippen molar-refractivity contribution in [2.75, 3.05) is 24.1 Å². The van der Waals surface area contributed by atoms with Crippen molar-refractivity contribution in [3.05, 3.63) is 59.7 Å². The Morgan fingerprint density at radius 2 is 1.97 bits per heavy atom. The molecule has 0 saturated carbocycles. The summed E-state index contributed by atoms with van der Waals surface area (Å²) >= 11 is 0. The molecule has 0 bridgehead atoms. The number of ether oxygens (including phenoxy) is 2. The van der Waals surface area contributed by atoms with Crippen LogP contribution in [0, 0.1) is 0 Å². The molecule has 172 valence electrons. The first-order valence-electron chi connectivity index (χ1n) is 10.7. The molecule has 0 unspecified atom stereocenters. The van der Waals surface area contributed by atoms with Gasteiger partial charge in [-0.1, -0.05) is 30.3 Å². The lowest BCUT2D eigenvalue weighted by atomic mass is 9.84. The monoisotopic (exact) mass is 460 g/mol. The SMILES string of the molecule is CS(=O)(=O)Nc1ccc2c(c1)[C@@H]1C[C@H](CC(=O)NCCc3ccccc3)O[C@@H](CO)[C@@H]1O2. The zero-order valence-electron chi connectivity index (χ0n) is 17.9. The predicted octanol–water partition coefficient (Wildman–Crippen LogP) is 1.80. The number of carbonyl (C=O) groups excluding carboxylic acids is 1. The number of aliphatic hydroxyl groups is 1. The van der Waals surface area contributed by atoms with Gasteiger partial charge in [0, 0.05) is 23.7 Å². The smallest absolute Gasteiger partial charge is 0.229 e. The van der Waals surface area contributed by atoms with Crippen molar-refractivity contribution in [3.63, 3.8) is 0 Å². The van der Waals surface area contributed by atoms with Crippen LogP contribution in [0.15, 0.2) is 48.5 Å². The molecule has 32 heavy (non-hydrogen) atoms. The average molecular weight is 461 g/mol. The second kappa shape index (κ2) is 9.48. The molecule has 2 aromatic carbocycles. The maximum absolute atomic E-state index is 12.5. The van der Waals surface area contributed by atoms with Gasteiger partial charge in [-0.25, -0.2) is 8.42 Å². The number of sulfonamides is 1. The zero-order chi connectivity index (χ0) is 22.7. The van der Waals surface area contributed by atoms with Gasteiger partial charge in [0.25, 0.3) is 0 Å². The fourth-order valence-corrected chi connectivity index (χ4v) is 4.99. The molecule has 3 N–H and O–H groups in total. The maximum Gasteiger partial charge on any atom is 0.229 e. The van der Waals surface area contributed by atoms with Gasteiger partial charge >= 0.3 is 0 Å². The highest BCUT2D eigenvalue weighted by molar-refractivity contribution is 7.92. The molecule has 4 atom stereocenters. The van der Waals surface area contributed by atoms with Crippen molar-refractivity contribution in [2.45, 2.75) is 43.5 Å². The van der Waals surface area contributed by atoms with E-state index in [1.807, 2.05) is 30.3 Å². The van der Waals surface area contributed by atoms with Gasteiger partial charge in [-0.2, -0.15) is 0 Å². The Morgan fingerprint density at radius 3 is 2.69 bits per heavy atom. The lowest BCUT2D eigenvalue weighted by molar-refractivity contribution is -0.142. The van der Waals surface area contributed by atoms with Crippen molar-refractivity contribution in [1.82, 2.24) is 5.32 Å². The van der Waals surface area contributed by atoms with Crippen LogP contribution >= 0.6 is 0 Å². The molecule has 1 fully saturated rings. The van der Waals surface area contributed by atoms with Crippen LogP contribution in [-0.2, 0) is 26.0 Å². The summed E-state index contributed by atoms with van der Waals surface area (Å²) in [6.07, 6.45) is 1.27. The topological polar surface area (TPSA) is 114 Å². The minimum Gasteiger partial charge on any atom is -0.487 e. The van der Waals surface area contributed by atoms with Crippen LogP contribution in [0.3, 0.4) is 0 Å². The molecule has 2 heterocycles. The standard InChI is InChI=1S/C23H28N2O6S/c1-32(28,29)25-16-7-8-20-18(11-16)19-12-17(30-21(14-26)23(19)31-20)13-22(27)24-10-9-15-5-3-2-4-6-15/h2-8,11,17,19,21,23,25-26H,9-10,12-14H2,1H3,(H,24,27)/t17-,19+,21+,23-/m1/s1. The zero-order valence-corrected chi connectivity index (χ0v) is 18.7. The third kappa shape index (κ3) is 5.40. The van der Waals surface area contributed by atoms with Gasteiger partial charge in [-0.3, -0.25) is 9.52 Å². The number of carbonyl (C=O) groups is 1. The number of anilines is 1. The highest BCUT2D eigenvalue weighted by atomic mass is 32.2. The summed E-state index contributed by atoms with van der Waals surface area (Å²) in [6.45, 7) is 0.313. The van der Waals surface area contributed by atoms with Crippen molar-refractivity contribution in [2.24, 2.45) is 0 Å². The Kier molecular flexibility index (Phi) is 6.68. The Morgan fingerprint density at radius 1 is 1.19 bits per heavy atom. The molecule has 2 aliphatic rings. The summed E-state index contributed by atoms with van der Waals surface area (Å²) < 4.78 is 37.7. The Bertz CT molecular complexity index is 1060. The second-order valence-electron chi connectivity index (χ2n) is 8.32. The lowest BCUT2D eigenvalue weighted by Gasteiger charge is -2.37. The van der Waals surface area contributed by atoms with Gasteiger partial charge in [0.05, 0.1) is 25.4 Å². The van der Waals surface area contributed by atoms with Crippen LogP contribution in [0.1, 0.15) is 29.9 Å². The highest BCUT2D eigenvalue weighted by Crippen LogP contribution is 2.47. The van der Waals surface area contributed by atoms with E-state index in [0.29, 0.717) is 24.4 Å². The van der Waals surface area contributed by atoms with Crippen molar-refractivity contribution < 1.29 is 27.8 Å². The fourth-order valence-electron chi connectivity index (χ4n) is 4.44. The predicted molar refractivity (Wildman–Crippen MR) is 120 cm³/mol. The number of hydrogen-bond acceptors (Lipinski definition) is 6. The summed E-state index contributed by atoms with van der Waals surface area (Å²) in [5.41, 5.74) is 2.47. The molecule has 1 saturated heterocycles. The highest BCUT2D eigenvalue weighted by Gasteiger charge is 2.46. The molecule has 9 heteroatoms. The van der Waals surface area contributed by atoms with E-state index in [0.717, 1.165) is 23.8 Å². The molecular formula is C23H28N2O6S. The third-order valence-electron chi connectivity index (χ3n) is 5.79. The number of hydrogen-bond donors (Lipinski definition) is 3. The summed E-state index contributed by atoms with van der Waals surface area (Å²) in [6, 6.07) is 15.1. The van der Waals surface area contributed by atoms with Crippen LogP contribution in [0.4, 0.5) is 5.69 Å². The first kappa shape index (κ1) is 22.6. The average Bonchev–Trinajstić information content (AvgIpc) is 3.11. The van der Waals surface area contributed by atoms with E-state index in [4.69, 9.17) is 9.47 Å². The molecule has 0 aromatic heterocycles. The maximum atomic E-state index is 12.5. The van der Waals surface area contributed by atoms with Crippen LogP contribution in [0.2, 0.25) is 0 Å². The van der Waals surface area contributed by atoms with E-state index >= 15 is 0 Å². The van der Waals surface area contributed by atoms with Crippen LogP contribution < -0.4 is 14.8 Å². The number of amides is 1. The van der Waals surface area contributed by atoms with Crippen molar-refractivity contribution in [1.29, 1.82) is 0 Å². The summed E-state index contributed by atoms with van der Waals surface area (Å²) in [4.78, 5) is 12.5. The van der Waals surface area contributed by atoms with E-state index < -0.39 is 16.1 Å². The van der Waals surface area contributed by atoms with E-state index in [-0.39, 0.29) is 37.1 Å². The lowest BCUT2D eigenvalue weighted by Crippen LogP contribution is -2.47. The second-order valence-corrected chi connectivity index (χ2v) is 10.1. The minimum absolute atomic E-state index is 0.0978.